The van der Waals surface area contributed by atoms with Gasteiger partial charge >= 0.3 is 0 Å². The smallest absolute Gasteiger partial charge is 0.252 e. The van der Waals surface area contributed by atoms with Gasteiger partial charge in [-0.1, -0.05) is 0 Å². The fourth-order valence-electron chi connectivity index (χ4n) is 2.38. The number of aromatic nitrogens is 3. The molecule has 3 heterocycles. The van der Waals surface area contributed by atoms with Gasteiger partial charge in [-0.2, -0.15) is 5.10 Å². The highest BCUT2D eigenvalue weighted by Crippen LogP contribution is 2.13. The second-order valence-electron chi connectivity index (χ2n) is 5.49. The first-order chi connectivity index (χ1) is 11.5. The number of hydrogen-bond acceptors (Lipinski definition) is 5. The van der Waals surface area contributed by atoms with E-state index in [-0.39, 0.29) is 12.5 Å². The molecule has 0 aliphatic rings. The molecule has 0 spiro atoms. The predicted octanol–water partition coefficient (Wildman–Crippen LogP) is 1.94. The van der Waals surface area contributed by atoms with Crippen molar-refractivity contribution >= 4 is 5.91 Å². The lowest BCUT2D eigenvalue weighted by Crippen LogP contribution is -2.28. The largest absolute Gasteiger partial charge is 0.467 e. The maximum absolute atomic E-state index is 12.1. The molecule has 1 amide bonds. The summed E-state index contributed by atoms with van der Waals surface area (Å²) in [5, 5.41) is 16.9. The summed E-state index contributed by atoms with van der Waals surface area (Å²) >= 11 is 0. The van der Waals surface area contributed by atoms with Crippen LogP contribution in [0.3, 0.4) is 0 Å². The van der Waals surface area contributed by atoms with E-state index in [0.29, 0.717) is 17.1 Å². The molecule has 0 fully saturated rings. The maximum atomic E-state index is 12.1. The van der Waals surface area contributed by atoms with Gasteiger partial charge in [-0.05, 0) is 44.2 Å². The number of rotatable bonds is 5. The van der Waals surface area contributed by atoms with E-state index in [0.717, 1.165) is 11.4 Å². The molecule has 7 nitrogen and oxygen atoms in total. The average molecular weight is 326 g/mol. The van der Waals surface area contributed by atoms with Crippen molar-refractivity contribution in [2.45, 2.75) is 20.0 Å². The third-order valence-corrected chi connectivity index (χ3v) is 3.56. The minimum atomic E-state index is -0.883. The molecule has 0 radical (unpaired) electrons. The summed E-state index contributed by atoms with van der Waals surface area (Å²) in [5.74, 6) is 0.745. The van der Waals surface area contributed by atoms with Crippen LogP contribution in [0.5, 0.6) is 0 Å². The highest BCUT2D eigenvalue weighted by Gasteiger charge is 2.13. The molecule has 0 saturated heterocycles. The van der Waals surface area contributed by atoms with Gasteiger partial charge in [0.1, 0.15) is 11.9 Å². The van der Waals surface area contributed by atoms with Gasteiger partial charge < -0.3 is 14.8 Å². The van der Waals surface area contributed by atoms with Gasteiger partial charge in [0.15, 0.2) is 5.82 Å². The molecule has 24 heavy (non-hydrogen) atoms. The number of furan rings is 1. The van der Waals surface area contributed by atoms with Crippen molar-refractivity contribution in [3.63, 3.8) is 0 Å². The summed E-state index contributed by atoms with van der Waals surface area (Å²) in [6.45, 7) is 3.92. The third kappa shape index (κ3) is 3.36. The van der Waals surface area contributed by atoms with Crippen molar-refractivity contribution in [1.82, 2.24) is 20.1 Å². The van der Waals surface area contributed by atoms with Gasteiger partial charge in [0.2, 0.25) is 0 Å². The van der Waals surface area contributed by atoms with E-state index >= 15 is 0 Å². The summed E-state index contributed by atoms with van der Waals surface area (Å²) in [7, 11) is 0. The van der Waals surface area contributed by atoms with Gasteiger partial charge in [-0.25, -0.2) is 9.67 Å². The minimum absolute atomic E-state index is 0.0611. The maximum Gasteiger partial charge on any atom is 0.252 e. The average Bonchev–Trinajstić information content (AvgIpc) is 3.22. The minimum Gasteiger partial charge on any atom is -0.467 e. The quantitative estimate of drug-likeness (QED) is 0.747. The van der Waals surface area contributed by atoms with Crippen molar-refractivity contribution < 1.29 is 14.3 Å². The Balaban J connectivity index is 1.65. The molecule has 0 saturated carbocycles. The van der Waals surface area contributed by atoms with Crippen LogP contribution in [-0.4, -0.2) is 32.3 Å². The summed E-state index contributed by atoms with van der Waals surface area (Å²) < 4.78 is 6.81. The second-order valence-corrected chi connectivity index (χ2v) is 5.49. The molecule has 7 heteroatoms. The van der Waals surface area contributed by atoms with Gasteiger partial charge in [0, 0.05) is 11.9 Å². The molecular formula is C17H18N4O3. The van der Waals surface area contributed by atoms with Crippen molar-refractivity contribution in [1.29, 1.82) is 0 Å². The van der Waals surface area contributed by atoms with E-state index < -0.39 is 6.10 Å². The van der Waals surface area contributed by atoms with Crippen LogP contribution in [0, 0.1) is 13.8 Å². The highest BCUT2D eigenvalue weighted by atomic mass is 16.4. The summed E-state index contributed by atoms with van der Waals surface area (Å²) in [6, 6.07) is 8.70. The van der Waals surface area contributed by atoms with Crippen molar-refractivity contribution in [2.75, 3.05) is 6.54 Å². The van der Waals surface area contributed by atoms with E-state index in [2.05, 4.69) is 15.4 Å². The molecule has 0 aliphatic heterocycles. The Labute approximate surface area is 138 Å². The number of pyridine rings is 1. The van der Waals surface area contributed by atoms with Gasteiger partial charge in [-0.3, -0.25) is 4.79 Å². The van der Waals surface area contributed by atoms with Crippen molar-refractivity contribution in [2.24, 2.45) is 0 Å². The topological polar surface area (TPSA) is 93.2 Å². The van der Waals surface area contributed by atoms with E-state index in [1.165, 1.54) is 12.5 Å². The molecule has 3 aromatic heterocycles. The van der Waals surface area contributed by atoms with Gasteiger partial charge in [0.25, 0.3) is 5.91 Å². The first-order valence-electron chi connectivity index (χ1n) is 7.54. The summed E-state index contributed by atoms with van der Waals surface area (Å²) in [5.41, 5.74) is 2.29. The summed E-state index contributed by atoms with van der Waals surface area (Å²) in [6.07, 6.45) is 2.08. The molecule has 0 aliphatic carbocycles. The molecule has 0 bridgehead atoms. The normalized spacial score (nSPS) is 12.1. The van der Waals surface area contributed by atoms with Crippen LogP contribution in [0.1, 0.15) is 33.6 Å². The molecule has 3 aromatic rings. The van der Waals surface area contributed by atoms with Crippen LogP contribution in [-0.2, 0) is 0 Å². The monoisotopic (exact) mass is 326 g/mol. The molecule has 1 unspecified atom stereocenters. The Bertz CT molecular complexity index is 822. The highest BCUT2D eigenvalue weighted by molar-refractivity contribution is 5.93. The van der Waals surface area contributed by atoms with E-state index in [4.69, 9.17) is 4.42 Å². The molecule has 124 valence electrons. The fraction of sp³-hybridized carbons (Fsp3) is 0.235. The van der Waals surface area contributed by atoms with Crippen molar-refractivity contribution in [3.05, 3.63) is 65.5 Å². The number of nitrogens with zero attached hydrogens (tertiary/aromatic N) is 3. The van der Waals surface area contributed by atoms with Crippen LogP contribution in [0.25, 0.3) is 5.82 Å². The van der Waals surface area contributed by atoms with E-state index in [1.807, 2.05) is 19.9 Å². The number of aliphatic hydroxyl groups is 1. The summed E-state index contributed by atoms with van der Waals surface area (Å²) in [4.78, 5) is 16.4. The van der Waals surface area contributed by atoms with Crippen LogP contribution in [0.2, 0.25) is 0 Å². The van der Waals surface area contributed by atoms with Crippen LogP contribution in [0.4, 0.5) is 0 Å². The predicted molar refractivity (Wildman–Crippen MR) is 86.8 cm³/mol. The molecule has 1 atom stereocenters. The van der Waals surface area contributed by atoms with Crippen LogP contribution >= 0.6 is 0 Å². The first-order valence-corrected chi connectivity index (χ1v) is 7.54. The van der Waals surface area contributed by atoms with Crippen molar-refractivity contribution in [3.8, 4) is 5.82 Å². The number of carbonyl (C=O) groups excluding carboxylic acids is 1. The lowest BCUT2D eigenvalue weighted by atomic mass is 10.2. The lowest BCUT2D eigenvalue weighted by molar-refractivity contribution is 0.0900. The fourth-order valence-corrected chi connectivity index (χ4v) is 2.38. The third-order valence-electron chi connectivity index (χ3n) is 3.56. The Morgan fingerprint density at radius 1 is 1.38 bits per heavy atom. The van der Waals surface area contributed by atoms with E-state index in [9.17, 15) is 9.90 Å². The molecular weight excluding hydrogens is 308 g/mol. The zero-order valence-electron chi connectivity index (χ0n) is 13.4. The Hall–Kier alpha value is -2.93. The van der Waals surface area contributed by atoms with Gasteiger partial charge in [0.05, 0.1) is 24.1 Å². The molecule has 2 N–H and O–H groups in total. The number of carbonyl (C=O) groups is 1. The number of aliphatic hydroxyl groups excluding tert-OH is 1. The Morgan fingerprint density at radius 2 is 2.21 bits per heavy atom. The zero-order valence-corrected chi connectivity index (χ0v) is 13.4. The number of amides is 1. The first kappa shape index (κ1) is 15.9. The second kappa shape index (κ2) is 6.67. The number of nitrogens with one attached hydrogen (secondary N) is 1. The number of hydrogen-bond donors (Lipinski definition) is 2. The molecule has 3 rings (SSSR count). The van der Waals surface area contributed by atoms with Crippen LogP contribution in [0.15, 0.2) is 47.2 Å². The Kier molecular flexibility index (Phi) is 4.43. The lowest BCUT2D eigenvalue weighted by Gasteiger charge is -2.10. The van der Waals surface area contributed by atoms with Crippen LogP contribution < -0.4 is 5.32 Å². The van der Waals surface area contributed by atoms with E-state index in [1.54, 1.807) is 28.9 Å². The standard InChI is InChI=1S/C17H18N4O3/c1-11-8-12(2)21(20-11)16-6-5-13(9-18-16)17(23)19-10-14(22)15-4-3-7-24-15/h3-9,14,22H,10H2,1-2H3,(H,19,23). The number of aryl methyl sites for hydroxylation is 2. The molecule has 0 aromatic carbocycles. The Morgan fingerprint density at radius 3 is 2.79 bits per heavy atom. The van der Waals surface area contributed by atoms with Gasteiger partial charge in [-0.15, -0.1) is 0 Å². The SMILES string of the molecule is Cc1cc(C)n(-c2ccc(C(=O)NCC(O)c3ccco3)cn2)n1. The zero-order chi connectivity index (χ0) is 17.1.